The van der Waals surface area contributed by atoms with Crippen LogP contribution in [0.3, 0.4) is 0 Å². The molecule has 0 aliphatic carbocycles. The van der Waals surface area contributed by atoms with Crippen LogP contribution >= 0.6 is 11.6 Å². The van der Waals surface area contributed by atoms with E-state index in [1.165, 1.54) is 13.2 Å². The van der Waals surface area contributed by atoms with Gasteiger partial charge in [0.05, 0.1) is 7.11 Å². The molecule has 16 heavy (non-hydrogen) atoms. The van der Waals surface area contributed by atoms with Gasteiger partial charge in [0.15, 0.2) is 11.6 Å². The molecule has 0 unspecified atom stereocenters. The Kier molecular flexibility index (Phi) is 5.03. The topological polar surface area (TPSA) is 35.2 Å². The monoisotopic (exact) mass is 245 g/mol. The van der Waals surface area contributed by atoms with Crippen molar-refractivity contribution in [2.45, 2.75) is 26.2 Å². The van der Waals surface area contributed by atoms with Gasteiger partial charge in [0.25, 0.3) is 0 Å². The van der Waals surface area contributed by atoms with Crippen molar-refractivity contribution in [1.29, 1.82) is 0 Å². The highest BCUT2D eigenvalue weighted by atomic mass is 35.5. The van der Waals surface area contributed by atoms with Crippen molar-refractivity contribution in [1.82, 2.24) is 0 Å². The summed E-state index contributed by atoms with van der Waals surface area (Å²) in [5.74, 6) is -0.0974. The fourth-order valence-electron chi connectivity index (χ4n) is 1.71. The Morgan fingerprint density at radius 3 is 2.69 bits per heavy atom. The highest BCUT2D eigenvalue weighted by molar-refractivity contribution is 6.31. The minimum atomic E-state index is -0.402. The molecule has 0 amide bonds. The summed E-state index contributed by atoms with van der Waals surface area (Å²) in [7, 11) is 1.47. The Labute approximate surface area is 101 Å². The predicted octanol–water partition coefficient (Wildman–Crippen LogP) is 3.08. The maximum atomic E-state index is 13.6. The van der Waals surface area contributed by atoms with Crippen molar-refractivity contribution >= 4 is 11.6 Å². The zero-order valence-corrected chi connectivity index (χ0v) is 10.4. The van der Waals surface area contributed by atoms with E-state index in [1.807, 2.05) is 6.92 Å². The number of rotatable bonds is 5. The average molecular weight is 246 g/mol. The molecule has 0 aromatic heterocycles. The Balaban J connectivity index is 3.02. The Bertz CT molecular complexity index is 369. The molecule has 1 aromatic carbocycles. The molecule has 0 spiro atoms. The van der Waals surface area contributed by atoms with E-state index in [4.69, 9.17) is 22.1 Å². The van der Waals surface area contributed by atoms with Gasteiger partial charge in [-0.25, -0.2) is 4.39 Å². The summed E-state index contributed by atoms with van der Waals surface area (Å²) in [6.07, 6.45) is 2.56. The predicted molar refractivity (Wildman–Crippen MR) is 64.7 cm³/mol. The standard InChI is InChI=1S/C12H17ClFNO/c1-8-9(5-3-4-6-15)12(16-2)11(14)7-10(8)13/h7H,3-6,15H2,1-2H3. The van der Waals surface area contributed by atoms with Gasteiger partial charge in [-0.3, -0.25) is 0 Å². The van der Waals surface area contributed by atoms with E-state index in [2.05, 4.69) is 0 Å². The molecule has 0 saturated heterocycles. The highest BCUT2D eigenvalue weighted by Crippen LogP contribution is 2.32. The maximum absolute atomic E-state index is 13.6. The largest absolute Gasteiger partial charge is 0.493 e. The van der Waals surface area contributed by atoms with Crippen LogP contribution in [-0.4, -0.2) is 13.7 Å². The molecular weight excluding hydrogens is 229 g/mol. The van der Waals surface area contributed by atoms with E-state index in [1.54, 1.807) is 0 Å². The lowest BCUT2D eigenvalue weighted by Crippen LogP contribution is -2.03. The minimum absolute atomic E-state index is 0.305. The molecule has 2 N–H and O–H groups in total. The summed E-state index contributed by atoms with van der Waals surface area (Å²) in [5.41, 5.74) is 7.16. The summed E-state index contributed by atoms with van der Waals surface area (Å²) < 4.78 is 18.6. The number of nitrogens with two attached hydrogens (primary N) is 1. The second kappa shape index (κ2) is 6.06. The van der Waals surface area contributed by atoms with Gasteiger partial charge in [0.1, 0.15) is 0 Å². The molecule has 0 atom stereocenters. The lowest BCUT2D eigenvalue weighted by Gasteiger charge is -2.13. The first-order valence-electron chi connectivity index (χ1n) is 5.33. The van der Waals surface area contributed by atoms with Crippen LogP contribution in [0, 0.1) is 12.7 Å². The van der Waals surface area contributed by atoms with Crippen LogP contribution in [-0.2, 0) is 6.42 Å². The van der Waals surface area contributed by atoms with Crippen LogP contribution in [0.1, 0.15) is 24.0 Å². The van der Waals surface area contributed by atoms with Crippen molar-refractivity contribution in [2.24, 2.45) is 5.73 Å². The highest BCUT2D eigenvalue weighted by Gasteiger charge is 2.14. The van der Waals surface area contributed by atoms with Crippen LogP contribution in [0.4, 0.5) is 4.39 Å². The van der Waals surface area contributed by atoms with Crippen LogP contribution in [0.25, 0.3) is 0 Å². The lowest BCUT2D eigenvalue weighted by molar-refractivity contribution is 0.380. The minimum Gasteiger partial charge on any atom is -0.493 e. The molecule has 1 aromatic rings. The van der Waals surface area contributed by atoms with Crippen molar-refractivity contribution < 1.29 is 9.13 Å². The normalized spacial score (nSPS) is 10.6. The molecule has 0 heterocycles. The van der Waals surface area contributed by atoms with E-state index in [-0.39, 0.29) is 0 Å². The molecular formula is C12H17ClFNO. The second-order valence-electron chi connectivity index (χ2n) is 3.72. The van der Waals surface area contributed by atoms with Gasteiger partial charge in [-0.1, -0.05) is 11.6 Å². The fourth-order valence-corrected chi connectivity index (χ4v) is 1.92. The number of unbranched alkanes of at least 4 members (excludes halogenated alkanes) is 1. The van der Waals surface area contributed by atoms with E-state index < -0.39 is 5.82 Å². The van der Waals surface area contributed by atoms with Crippen molar-refractivity contribution in [3.8, 4) is 5.75 Å². The molecule has 0 fully saturated rings. The van der Waals surface area contributed by atoms with Crippen LogP contribution in [0.5, 0.6) is 5.75 Å². The van der Waals surface area contributed by atoms with Crippen molar-refractivity contribution in [2.75, 3.05) is 13.7 Å². The van der Waals surface area contributed by atoms with E-state index in [0.717, 1.165) is 30.4 Å². The summed E-state index contributed by atoms with van der Waals surface area (Å²) >= 11 is 5.94. The summed E-state index contributed by atoms with van der Waals surface area (Å²) in [5, 5.41) is 0.445. The number of halogens is 2. The van der Waals surface area contributed by atoms with Crippen molar-refractivity contribution in [3.05, 3.63) is 28.0 Å². The van der Waals surface area contributed by atoms with Crippen LogP contribution < -0.4 is 10.5 Å². The number of hydrogen-bond donors (Lipinski definition) is 1. The number of hydrogen-bond acceptors (Lipinski definition) is 2. The van der Waals surface area contributed by atoms with Crippen LogP contribution in [0.15, 0.2) is 6.07 Å². The molecule has 1 rings (SSSR count). The van der Waals surface area contributed by atoms with Gasteiger partial charge < -0.3 is 10.5 Å². The molecule has 0 saturated carbocycles. The number of benzene rings is 1. The molecule has 0 aliphatic heterocycles. The third-order valence-electron chi connectivity index (χ3n) is 2.64. The smallest absolute Gasteiger partial charge is 0.166 e. The molecule has 2 nitrogen and oxygen atoms in total. The third-order valence-corrected chi connectivity index (χ3v) is 3.03. The molecule has 4 heteroatoms. The van der Waals surface area contributed by atoms with Crippen LogP contribution in [0.2, 0.25) is 5.02 Å². The maximum Gasteiger partial charge on any atom is 0.166 e. The quantitative estimate of drug-likeness (QED) is 0.810. The average Bonchev–Trinajstić information content (AvgIpc) is 2.25. The fraction of sp³-hybridized carbons (Fsp3) is 0.500. The molecule has 0 aliphatic rings. The Morgan fingerprint density at radius 2 is 2.12 bits per heavy atom. The Morgan fingerprint density at radius 1 is 1.44 bits per heavy atom. The van der Waals surface area contributed by atoms with E-state index >= 15 is 0 Å². The number of methoxy groups -OCH3 is 1. The summed E-state index contributed by atoms with van der Waals surface area (Å²) in [4.78, 5) is 0. The first-order valence-corrected chi connectivity index (χ1v) is 5.71. The van der Waals surface area contributed by atoms with E-state index in [9.17, 15) is 4.39 Å². The van der Waals surface area contributed by atoms with Gasteiger partial charge in [0.2, 0.25) is 0 Å². The van der Waals surface area contributed by atoms with Gasteiger partial charge in [0, 0.05) is 10.6 Å². The van der Waals surface area contributed by atoms with E-state index in [0.29, 0.717) is 17.3 Å². The van der Waals surface area contributed by atoms with Gasteiger partial charge in [-0.05, 0) is 44.4 Å². The zero-order chi connectivity index (χ0) is 12.1. The first kappa shape index (κ1) is 13.3. The molecule has 90 valence electrons. The summed E-state index contributed by atoms with van der Waals surface area (Å²) in [6.45, 7) is 2.52. The van der Waals surface area contributed by atoms with Gasteiger partial charge in [-0.15, -0.1) is 0 Å². The third kappa shape index (κ3) is 2.86. The molecule has 0 radical (unpaired) electrons. The zero-order valence-electron chi connectivity index (χ0n) is 9.65. The SMILES string of the molecule is COc1c(F)cc(Cl)c(C)c1CCCCN. The Hall–Kier alpha value is -0.800. The molecule has 0 bridgehead atoms. The van der Waals surface area contributed by atoms with Crippen molar-refractivity contribution in [3.63, 3.8) is 0 Å². The van der Waals surface area contributed by atoms with Gasteiger partial charge >= 0.3 is 0 Å². The van der Waals surface area contributed by atoms with Gasteiger partial charge in [-0.2, -0.15) is 0 Å². The summed E-state index contributed by atoms with van der Waals surface area (Å²) in [6, 6.07) is 1.29. The lowest BCUT2D eigenvalue weighted by atomic mass is 10.0. The second-order valence-corrected chi connectivity index (χ2v) is 4.13. The number of ether oxygens (including phenoxy) is 1. The first-order chi connectivity index (χ1) is 7.61.